The van der Waals surface area contributed by atoms with Crippen LogP contribution in [0.5, 0.6) is 0 Å². The smallest absolute Gasteiger partial charge is 0.271 e. The third-order valence-electron chi connectivity index (χ3n) is 4.08. The van der Waals surface area contributed by atoms with Crippen molar-refractivity contribution in [1.82, 2.24) is 19.6 Å². The van der Waals surface area contributed by atoms with E-state index >= 15 is 0 Å². The predicted octanol–water partition coefficient (Wildman–Crippen LogP) is 1.86. The SMILES string of the molecule is CNCCC1CCN(C(=O)c2csc3cncn23)CC1. The van der Waals surface area contributed by atoms with Gasteiger partial charge in [0.2, 0.25) is 0 Å². The molecule has 0 spiro atoms. The van der Waals surface area contributed by atoms with Crippen molar-refractivity contribution >= 4 is 22.1 Å². The van der Waals surface area contributed by atoms with Crippen LogP contribution in [-0.4, -0.2) is 46.9 Å². The molecule has 3 rings (SSSR count). The average Bonchev–Trinajstić information content (AvgIpc) is 3.08. The van der Waals surface area contributed by atoms with Crippen LogP contribution in [0, 0.1) is 5.92 Å². The van der Waals surface area contributed by atoms with Gasteiger partial charge in [-0.2, -0.15) is 0 Å². The molecule has 108 valence electrons. The highest BCUT2D eigenvalue weighted by atomic mass is 32.1. The van der Waals surface area contributed by atoms with Crippen LogP contribution in [0.4, 0.5) is 0 Å². The summed E-state index contributed by atoms with van der Waals surface area (Å²) in [5.74, 6) is 0.892. The molecule has 1 aliphatic rings. The van der Waals surface area contributed by atoms with Crippen LogP contribution in [0.2, 0.25) is 0 Å². The lowest BCUT2D eigenvalue weighted by molar-refractivity contribution is 0.0680. The van der Waals surface area contributed by atoms with Gasteiger partial charge in [-0.05, 0) is 38.8 Å². The van der Waals surface area contributed by atoms with Gasteiger partial charge in [-0.15, -0.1) is 11.3 Å². The fraction of sp³-hybridized carbons (Fsp3) is 0.571. The number of hydrogen-bond acceptors (Lipinski definition) is 4. The highest BCUT2D eigenvalue weighted by molar-refractivity contribution is 7.15. The number of nitrogens with one attached hydrogen (secondary N) is 1. The molecule has 20 heavy (non-hydrogen) atoms. The van der Waals surface area contributed by atoms with Gasteiger partial charge in [0.15, 0.2) is 0 Å². The fourth-order valence-electron chi connectivity index (χ4n) is 2.81. The molecule has 0 saturated carbocycles. The van der Waals surface area contributed by atoms with Gasteiger partial charge in [-0.1, -0.05) is 0 Å². The molecule has 1 N–H and O–H groups in total. The average molecular weight is 292 g/mol. The molecule has 2 aromatic heterocycles. The zero-order chi connectivity index (χ0) is 13.9. The minimum absolute atomic E-state index is 0.140. The van der Waals surface area contributed by atoms with Gasteiger partial charge in [-0.3, -0.25) is 9.20 Å². The molecule has 2 aromatic rings. The number of nitrogens with zero attached hydrogens (tertiary/aromatic N) is 3. The predicted molar refractivity (Wildman–Crippen MR) is 80.2 cm³/mol. The lowest BCUT2D eigenvalue weighted by atomic mass is 9.93. The summed E-state index contributed by atoms with van der Waals surface area (Å²) in [6.45, 7) is 2.82. The van der Waals surface area contributed by atoms with Crippen molar-refractivity contribution in [3.63, 3.8) is 0 Å². The maximum absolute atomic E-state index is 12.6. The number of likely N-dealkylation sites (tertiary alicyclic amines) is 1. The van der Waals surface area contributed by atoms with Crippen molar-refractivity contribution < 1.29 is 4.79 Å². The minimum Gasteiger partial charge on any atom is -0.337 e. The van der Waals surface area contributed by atoms with Crippen molar-refractivity contribution in [1.29, 1.82) is 0 Å². The summed E-state index contributed by atoms with van der Waals surface area (Å²) < 4.78 is 1.89. The Balaban J connectivity index is 1.63. The number of hydrogen-bond donors (Lipinski definition) is 1. The Labute approximate surface area is 122 Å². The van der Waals surface area contributed by atoms with Crippen LogP contribution in [0.3, 0.4) is 0 Å². The lowest BCUT2D eigenvalue weighted by Crippen LogP contribution is -2.39. The fourth-order valence-corrected chi connectivity index (χ4v) is 3.64. The van der Waals surface area contributed by atoms with Gasteiger partial charge in [-0.25, -0.2) is 4.98 Å². The van der Waals surface area contributed by atoms with Gasteiger partial charge in [0.25, 0.3) is 5.91 Å². The molecule has 5 nitrogen and oxygen atoms in total. The van der Waals surface area contributed by atoms with E-state index in [2.05, 4.69) is 10.3 Å². The molecule has 0 bridgehead atoms. The summed E-state index contributed by atoms with van der Waals surface area (Å²) in [5, 5.41) is 5.14. The number of fused-ring (bicyclic) bond motifs is 1. The Bertz CT molecular complexity index is 583. The summed E-state index contributed by atoms with van der Waals surface area (Å²) in [4.78, 5) is 19.7. The third kappa shape index (κ3) is 2.58. The molecule has 1 fully saturated rings. The highest BCUT2D eigenvalue weighted by Gasteiger charge is 2.25. The second-order valence-electron chi connectivity index (χ2n) is 5.35. The van der Waals surface area contributed by atoms with E-state index in [1.807, 2.05) is 21.7 Å². The van der Waals surface area contributed by atoms with Crippen LogP contribution in [0.1, 0.15) is 29.8 Å². The molecule has 6 heteroatoms. The number of imidazole rings is 1. The maximum Gasteiger partial charge on any atom is 0.271 e. The zero-order valence-corrected chi connectivity index (χ0v) is 12.5. The Hall–Kier alpha value is -1.40. The van der Waals surface area contributed by atoms with Gasteiger partial charge in [0.05, 0.1) is 6.20 Å². The second kappa shape index (κ2) is 5.93. The van der Waals surface area contributed by atoms with Crippen LogP contribution < -0.4 is 5.32 Å². The van der Waals surface area contributed by atoms with Gasteiger partial charge in [0.1, 0.15) is 16.9 Å². The van der Waals surface area contributed by atoms with E-state index in [0.29, 0.717) is 0 Å². The van der Waals surface area contributed by atoms with Gasteiger partial charge < -0.3 is 10.2 Å². The van der Waals surface area contributed by atoms with Crippen molar-refractivity contribution in [3.8, 4) is 0 Å². The Morgan fingerprint density at radius 3 is 3.05 bits per heavy atom. The van der Waals surface area contributed by atoms with E-state index in [4.69, 9.17) is 0 Å². The number of aromatic nitrogens is 2. The monoisotopic (exact) mass is 292 g/mol. The number of carbonyl (C=O) groups excluding carboxylic acids is 1. The number of piperidine rings is 1. The zero-order valence-electron chi connectivity index (χ0n) is 11.7. The van der Waals surface area contributed by atoms with Crippen molar-refractivity contribution in [2.75, 3.05) is 26.7 Å². The maximum atomic E-state index is 12.6. The molecular weight excluding hydrogens is 272 g/mol. The molecule has 1 amide bonds. The first-order valence-corrected chi connectivity index (χ1v) is 8.01. The molecule has 0 aromatic carbocycles. The van der Waals surface area contributed by atoms with Crippen LogP contribution in [-0.2, 0) is 0 Å². The van der Waals surface area contributed by atoms with Crippen molar-refractivity contribution in [2.45, 2.75) is 19.3 Å². The number of rotatable bonds is 4. The molecule has 0 atom stereocenters. The van der Waals surface area contributed by atoms with Crippen LogP contribution >= 0.6 is 11.3 Å². The van der Waals surface area contributed by atoms with E-state index < -0.39 is 0 Å². The molecular formula is C14H20N4OS. The largest absolute Gasteiger partial charge is 0.337 e. The summed E-state index contributed by atoms with van der Waals surface area (Å²) in [5.41, 5.74) is 0.746. The molecule has 0 radical (unpaired) electrons. The first-order valence-electron chi connectivity index (χ1n) is 7.13. The first-order chi connectivity index (χ1) is 9.79. The summed E-state index contributed by atoms with van der Waals surface area (Å²) in [6, 6.07) is 0. The van der Waals surface area contributed by atoms with Gasteiger partial charge >= 0.3 is 0 Å². The third-order valence-corrected chi connectivity index (χ3v) is 4.96. The van der Waals surface area contributed by atoms with Crippen molar-refractivity contribution in [2.24, 2.45) is 5.92 Å². The van der Waals surface area contributed by atoms with E-state index in [-0.39, 0.29) is 5.91 Å². The Morgan fingerprint density at radius 1 is 1.50 bits per heavy atom. The topological polar surface area (TPSA) is 49.6 Å². The quantitative estimate of drug-likeness (QED) is 0.936. The highest BCUT2D eigenvalue weighted by Crippen LogP contribution is 2.23. The summed E-state index contributed by atoms with van der Waals surface area (Å²) >= 11 is 1.57. The van der Waals surface area contributed by atoms with Gasteiger partial charge in [0, 0.05) is 18.5 Å². The van der Waals surface area contributed by atoms with Crippen LogP contribution in [0.15, 0.2) is 17.9 Å². The Kier molecular flexibility index (Phi) is 4.03. The van der Waals surface area contributed by atoms with E-state index in [1.54, 1.807) is 23.9 Å². The number of amides is 1. The van der Waals surface area contributed by atoms with Crippen LogP contribution in [0.25, 0.3) is 4.83 Å². The molecule has 0 aliphatic carbocycles. The number of carbonyl (C=O) groups is 1. The summed E-state index contributed by atoms with van der Waals surface area (Å²) in [7, 11) is 1.99. The molecule has 3 heterocycles. The van der Waals surface area contributed by atoms with Crippen molar-refractivity contribution in [3.05, 3.63) is 23.6 Å². The lowest BCUT2D eigenvalue weighted by Gasteiger charge is -2.31. The normalized spacial score (nSPS) is 16.9. The Morgan fingerprint density at radius 2 is 2.30 bits per heavy atom. The van der Waals surface area contributed by atoms with E-state index in [0.717, 1.165) is 48.9 Å². The molecule has 1 aliphatic heterocycles. The molecule has 0 unspecified atom stereocenters. The van der Waals surface area contributed by atoms with E-state index in [1.165, 1.54) is 6.42 Å². The second-order valence-corrected chi connectivity index (χ2v) is 6.24. The minimum atomic E-state index is 0.140. The standard InChI is InChI=1S/C14H20N4OS/c1-15-5-2-11-3-6-17(7-4-11)14(19)12-9-20-13-8-16-10-18(12)13/h8-11,15H,2-7H2,1H3. The summed E-state index contributed by atoms with van der Waals surface area (Å²) in [6.07, 6.45) is 6.96. The van der Waals surface area contributed by atoms with E-state index in [9.17, 15) is 4.79 Å². The first kappa shape index (κ1) is 13.6. The molecule has 1 saturated heterocycles. The number of thiazole rings is 1.